The van der Waals surface area contributed by atoms with E-state index in [0.29, 0.717) is 5.75 Å². The highest BCUT2D eigenvalue weighted by Crippen LogP contribution is 2.18. The van der Waals surface area contributed by atoms with Crippen LogP contribution in [-0.2, 0) is 14.3 Å². The first kappa shape index (κ1) is 22.3. The molecule has 0 unspecified atom stereocenters. The number of hydrogen-bond donors (Lipinski definition) is 3. The summed E-state index contributed by atoms with van der Waals surface area (Å²) < 4.78 is 10.5. The van der Waals surface area contributed by atoms with Gasteiger partial charge in [-0.05, 0) is 46.2 Å². The maximum Gasteiger partial charge on any atom is 0.408 e. The fourth-order valence-corrected chi connectivity index (χ4v) is 2.09. The maximum atomic E-state index is 11.8. The molecule has 3 N–H and O–H groups in total. The van der Waals surface area contributed by atoms with Crippen LogP contribution in [0.15, 0.2) is 18.2 Å². The topological polar surface area (TPSA) is 106 Å². The van der Waals surface area contributed by atoms with Gasteiger partial charge in [-0.25, -0.2) is 4.79 Å². The van der Waals surface area contributed by atoms with Gasteiger partial charge in [-0.15, -0.1) is 0 Å². The highest BCUT2D eigenvalue weighted by molar-refractivity contribution is 5.82. The van der Waals surface area contributed by atoms with Gasteiger partial charge in [-0.3, -0.25) is 9.59 Å². The van der Waals surface area contributed by atoms with Gasteiger partial charge < -0.3 is 25.4 Å². The normalized spacial score (nSPS) is 10.7. The summed E-state index contributed by atoms with van der Waals surface area (Å²) in [5.41, 5.74) is 1.47. The van der Waals surface area contributed by atoms with E-state index in [0.717, 1.165) is 11.1 Å². The summed E-state index contributed by atoms with van der Waals surface area (Å²) in [6.45, 7) is 9.31. The van der Waals surface area contributed by atoms with Gasteiger partial charge in [0.1, 0.15) is 11.4 Å². The summed E-state index contributed by atoms with van der Waals surface area (Å²) in [4.78, 5) is 34.8. The molecule has 27 heavy (non-hydrogen) atoms. The SMILES string of the molecule is Cc1ccc(OCC(=O)NCCNC(=O)CNC(=O)OC(C)(C)C)c(C)c1. The van der Waals surface area contributed by atoms with E-state index in [2.05, 4.69) is 16.0 Å². The molecule has 3 amide bonds. The second-order valence-electron chi connectivity index (χ2n) is 7.11. The van der Waals surface area contributed by atoms with Crippen LogP contribution in [0.1, 0.15) is 31.9 Å². The van der Waals surface area contributed by atoms with E-state index in [9.17, 15) is 14.4 Å². The number of ether oxygens (including phenoxy) is 2. The molecule has 0 radical (unpaired) electrons. The Morgan fingerprint density at radius 1 is 0.963 bits per heavy atom. The first-order chi connectivity index (χ1) is 12.6. The molecule has 0 aliphatic carbocycles. The summed E-state index contributed by atoms with van der Waals surface area (Å²) in [7, 11) is 0. The van der Waals surface area contributed by atoms with Gasteiger partial charge in [0.05, 0.1) is 6.54 Å². The Bertz CT molecular complexity index is 668. The fraction of sp³-hybridized carbons (Fsp3) is 0.526. The van der Waals surface area contributed by atoms with Gasteiger partial charge in [0.2, 0.25) is 5.91 Å². The number of carbonyl (C=O) groups excluding carboxylic acids is 3. The lowest BCUT2D eigenvalue weighted by Gasteiger charge is -2.19. The van der Waals surface area contributed by atoms with Gasteiger partial charge in [-0.1, -0.05) is 17.7 Å². The minimum atomic E-state index is -0.658. The van der Waals surface area contributed by atoms with Crippen LogP contribution < -0.4 is 20.7 Å². The van der Waals surface area contributed by atoms with Crippen molar-refractivity contribution in [1.29, 1.82) is 0 Å². The molecule has 1 aromatic carbocycles. The van der Waals surface area contributed by atoms with E-state index in [4.69, 9.17) is 9.47 Å². The molecular weight excluding hydrogens is 350 g/mol. The number of alkyl carbamates (subject to hydrolysis) is 1. The summed E-state index contributed by atoms with van der Waals surface area (Å²) >= 11 is 0. The predicted octanol–water partition coefficient (Wildman–Crippen LogP) is 1.44. The highest BCUT2D eigenvalue weighted by atomic mass is 16.6. The lowest BCUT2D eigenvalue weighted by Crippen LogP contribution is -2.42. The van der Waals surface area contributed by atoms with Crippen LogP contribution in [0, 0.1) is 13.8 Å². The lowest BCUT2D eigenvalue weighted by molar-refractivity contribution is -0.123. The molecule has 0 saturated carbocycles. The van der Waals surface area contributed by atoms with Crippen LogP contribution in [0.2, 0.25) is 0 Å². The zero-order valence-electron chi connectivity index (χ0n) is 16.6. The molecular formula is C19H29N3O5. The molecule has 0 spiro atoms. The summed E-state index contributed by atoms with van der Waals surface area (Å²) in [5, 5.41) is 7.58. The molecule has 1 aromatic rings. The molecule has 0 fully saturated rings. The Kier molecular flexibility index (Phi) is 8.58. The van der Waals surface area contributed by atoms with Crippen molar-refractivity contribution in [3.63, 3.8) is 0 Å². The molecule has 0 saturated heterocycles. The van der Waals surface area contributed by atoms with Crippen molar-refractivity contribution in [1.82, 2.24) is 16.0 Å². The molecule has 0 atom stereocenters. The van der Waals surface area contributed by atoms with E-state index in [-0.39, 0.29) is 38.1 Å². The van der Waals surface area contributed by atoms with Gasteiger partial charge in [-0.2, -0.15) is 0 Å². The van der Waals surface area contributed by atoms with E-state index >= 15 is 0 Å². The Morgan fingerprint density at radius 3 is 2.19 bits per heavy atom. The number of amides is 3. The predicted molar refractivity (Wildman–Crippen MR) is 102 cm³/mol. The van der Waals surface area contributed by atoms with Crippen molar-refractivity contribution in [3.05, 3.63) is 29.3 Å². The van der Waals surface area contributed by atoms with Crippen LogP contribution in [0.5, 0.6) is 5.75 Å². The van der Waals surface area contributed by atoms with Crippen molar-refractivity contribution < 1.29 is 23.9 Å². The van der Waals surface area contributed by atoms with Crippen molar-refractivity contribution >= 4 is 17.9 Å². The summed E-state index contributed by atoms with van der Waals surface area (Å²) in [6.07, 6.45) is -0.658. The van der Waals surface area contributed by atoms with Crippen molar-refractivity contribution in [2.24, 2.45) is 0 Å². The third-order valence-electron chi connectivity index (χ3n) is 3.25. The fourth-order valence-electron chi connectivity index (χ4n) is 2.09. The molecule has 0 aromatic heterocycles. The Labute approximate surface area is 160 Å². The molecule has 8 nitrogen and oxygen atoms in total. The van der Waals surface area contributed by atoms with E-state index in [1.807, 2.05) is 32.0 Å². The second kappa shape index (κ2) is 10.4. The number of carbonyl (C=O) groups is 3. The van der Waals surface area contributed by atoms with Gasteiger partial charge in [0, 0.05) is 13.1 Å². The zero-order chi connectivity index (χ0) is 20.4. The molecule has 1 rings (SSSR count). The highest BCUT2D eigenvalue weighted by Gasteiger charge is 2.16. The van der Waals surface area contributed by atoms with Gasteiger partial charge >= 0.3 is 6.09 Å². The summed E-state index contributed by atoms with van der Waals surface area (Å²) in [5.74, 6) is 0.00927. The number of hydrogen-bond acceptors (Lipinski definition) is 5. The minimum Gasteiger partial charge on any atom is -0.484 e. The number of nitrogens with one attached hydrogen (secondary N) is 3. The molecule has 0 aliphatic heterocycles. The number of benzene rings is 1. The quantitative estimate of drug-likeness (QED) is 0.593. The van der Waals surface area contributed by atoms with E-state index in [1.54, 1.807) is 20.8 Å². The smallest absolute Gasteiger partial charge is 0.408 e. The van der Waals surface area contributed by atoms with Crippen molar-refractivity contribution in [2.45, 2.75) is 40.2 Å². The van der Waals surface area contributed by atoms with Crippen LogP contribution in [-0.4, -0.2) is 49.7 Å². The van der Waals surface area contributed by atoms with Crippen LogP contribution in [0.3, 0.4) is 0 Å². The monoisotopic (exact) mass is 379 g/mol. The largest absolute Gasteiger partial charge is 0.484 e. The Balaban J connectivity index is 2.15. The average Bonchev–Trinajstić information content (AvgIpc) is 2.54. The average molecular weight is 379 g/mol. The molecule has 0 bridgehead atoms. The number of aryl methyl sites for hydroxylation is 2. The first-order valence-electron chi connectivity index (χ1n) is 8.77. The van der Waals surface area contributed by atoms with Crippen molar-refractivity contribution in [3.8, 4) is 5.75 Å². The molecule has 0 aliphatic rings. The molecule has 150 valence electrons. The van der Waals surface area contributed by atoms with Crippen LogP contribution in [0.4, 0.5) is 4.79 Å². The minimum absolute atomic E-state index is 0.0992. The zero-order valence-corrected chi connectivity index (χ0v) is 16.6. The first-order valence-corrected chi connectivity index (χ1v) is 8.77. The second-order valence-corrected chi connectivity index (χ2v) is 7.11. The molecule has 8 heteroatoms. The number of rotatable bonds is 8. The lowest BCUT2D eigenvalue weighted by atomic mass is 10.1. The van der Waals surface area contributed by atoms with E-state index in [1.165, 1.54) is 0 Å². The van der Waals surface area contributed by atoms with Gasteiger partial charge in [0.15, 0.2) is 6.61 Å². The third kappa shape index (κ3) is 10.1. The molecule has 0 heterocycles. The Morgan fingerprint density at radius 2 is 1.59 bits per heavy atom. The van der Waals surface area contributed by atoms with E-state index < -0.39 is 11.7 Å². The standard InChI is InChI=1S/C19H29N3O5/c1-13-6-7-15(14(2)10-13)26-12-17(24)21-9-8-20-16(23)11-22-18(25)27-19(3,4)5/h6-7,10H,8-9,11-12H2,1-5H3,(H,20,23)(H,21,24)(H,22,25). The van der Waals surface area contributed by atoms with Gasteiger partial charge in [0.25, 0.3) is 5.91 Å². The maximum absolute atomic E-state index is 11.8. The summed E-state index contributed by atoms with van der Waals surface area (Å²) in [6, 6.07) is 5.73. The van der Waals surface area contributed by atoms with Crippen molar-refractivity contribution in [2.75, 3.05) is 26.2 Å². The van der Waals surface area contributed by atoms with Crippen LogP contribution >= 0.6 is 0 Å². The van der Waals surface area contributed by atoms with Crippen LogP contribution in [0.25, 0.3) is 0 Å². The Hall–Kier alpha value is -2.77. The third-order valence-corrected chi connectivity index (χ3v) is 3.25.